The van der Waals surface area contributed by atoms with Crippen LogP contribution in [-0.4, -0.2) is 31.7 Å². The zero-order chi connectivity index (χ0) is 13.5. The maximum absolute atomic E-state index is 11.3. The van der Waals surface area contributed by atoms with E-state index >= 15 is 0 Å². The molecule has 1 aromatic rings. The van der Waals surface area contributed by atoms with Crippen LogP contribution in [0, 0.1) is 0 Å². The second-order valence-corrected chi connectivity index (χ2v) is 4.21. The second-order valence-electron chi connectivity index (χ2n) is 4.21. The number of carbonyl (C=O) groups excluding carboxylic acids is 1. The number of Topliss-reactive ketones (excluding diaryl/α,β-unsaturated/α-hetero) is 1. The molecule has 0 saturated carbocycles. The zero-order valence-electron chi connectivity index (χ0n) is 11.4. The van der Waals surface area contributed by atoms with E-state index in [0.29, 0.717) is 6.42 Å². The van der Waals surface area contributed by atoms with Gasteiger partial charge in [-0.1, -0.05) is 29.4 Å². The molecule has 18 heavy (non-hydrogen) atoms. The predicted octanol–water partition coefficient (Wildman–Crippen LogP) is 1.78. The van der Waals surface area contributed by atoms with Gasteiger partial charge >= 0.3 is 0 Å². The molecule has 1 rings (SSSR count). The molecule has 1 unspecified atom stereocenters. The van der Waals surface area contributed by atoms with Crippen LogP contribution >= 0.6 is 0 Å². The van der Waals surface area contributed by atoms with Crippen LogP contribution in [0.5, 0.6) is 0 Å². The maximum Gasteiger partial charge on any atom is 0.147 e. The lowest BCUT2D eigenvalue weighted by atomic mass is 10.0. The summed E-state index contributed by atoms with van der Waals surface area (Å²) in [7, 11) is 3.33. The average Bonchev–Trinajstić information content (AvgIpc) is 2.36. The van der Waals surface area contributed by atoms with Crippen molar-refractivity contribution in [3.05, 3.63) is 35.4 Å². The Morgan fingerprint density at radius 2 is 1.94 bits per heavy atom. The molecule has 0 aliphatic heterocycles. The van der Waals surface area contributed by atoms with E-state index in [-0.39, 0.29) is 11.8 Å². The van der Waals surface area contributed by atoms with Crippen LogP contribution < -0.4 is 5.32 Å². The summed E-state index contributed by atoms with van der Waals surface area (Å²) < 4.78 is 0. The van der Waals surface area contributed by atoms with Crippen LogP contribution in [0.1, 0.15) is 25.0 Å². The van der Waals surface area contributed by atoms with E-state index in [2.05, 4.69) is 10.5 Å². The topological polar surface area (TPSA) is 50.7 Å². The number of rotatable bonds is 6. The molecule has 0 aromatic heterocycles. The minimum Gasteiger partial charge on any atom is -0.399 e. The summed E-state index contributed by atoms with van der Waals surface area (Å²) in [4.78, 5) is 16.1. The molecular weight excluding hydrogens is 228 g/mol. The van der Waals surface area contributed by atoms with Gasteiger partial charge in [-0.15, -0.1) is 0 Å². The Labute approximate surface area is 108 Å². The molecule has 0 aliphatic carbocycles. The lowest BCUT2D eigenvalue weighted by molar-refractivity contribution is -0.118. The second kappa shape index (κ2) is 6.91. The largest absolute Gasteiger partial charge is 0.399 e. The van der Waals surface area contributed by atoms with E-state index < -0.39 is 0 Å². The predicted molar refractivity (Wildman–Crippen MR) is 72.9 cm³/mol. The lowest BCUT2D eigenvalue weighted by Crippen LogP contribution is -2.34. The average molecular weight is 248 g/mol. The van der Waals surface area contributed by atoms with Gasteiger partial charge in [0, 0.05) is 0 Å². The van der Waals surface area contributed by atoms with Crippen molar-refractivity contribution in [1.82, 2.24) is 5.32 Å². The third-order valence-electron chi connectivity index (χ3n) is 2.88. The number of carbonyl (C=O) groups is 1. The fourth-order valence-electron chi connectivity index (χ4n) is 1.76. The minimum atomic E-state index is -0.121. The fraction of sp³-hybridized carbons (Fsp3) is 0.429. The molecule has 0 bridgehead atoms. The van der Waals surface area contributed by atoms with E-state index in [9.17, 15) is 4.79 Å². The fourth-order valence-corrected chi connectivity index (χ4v) is 1.76. The summed E-state index contributed by atoms with van der Waals surface area (Å²) >= 11 is 0. The highest BCUT2D eigenvalue weighted by Gasteiger charge is 2.12. The standard InChI is InChI=1S/C14H20N2O2/c1-10(16-18-4)13-7-5-12(6-8-13)9-14(15-3)11(2)17/h5-8,14-15H,9H2,1-4H3/b16-10+. The van der Waals surface area contributed by atoms with Crippen molar-refractivity contribution >= 4 is 11.5 Å². The van der Waals surface area contributed by atoms with Gasteiger partial charge in [-0.3, -0.25) is 4.79 Å². The van der Waals surface area contributed by atoms with Crippen molar-refractivity contribution in [1.29, 1.82) is 0 Å². The van der Waals surface area contributed by atoms with Gasteiger partial charge in [0.05, 0.1) is 11.8 Å². The number of benzene rings is 1. The van der Waals surface area contributed by atoms with Crippen LogP contribution in [0.3, 0.4) is 0 Å². The number of ketones is 1. The van der Waals surface area contributed by atoms with Crippen molar-refractivity contribution in [2.24, 2.45) is 5.16 Å². The molecule has 0 spiro atoms. The number of hydrogen-bond donors (Lipinski definition) is 1. The summed E-state index contributed by atoms with van der Waals surface area (Å²) in [6.07, 6.45) is 0.701. The molecule has 1 aromatic carbocycles. The number of oxime groups is 1. The Balaban J connectivity index is 2.77. The van der Waals surface area contributed by atoms with Crippen LogP contribution in [0.2, 0.25) is 0 Å². The Hall–Kier alpha value is -1.68. The molecular formula is C14H20N2O2. The van der Waals surface area contributed by atoms with Gasteiger partial charge < -0.3 is 10.2 Å². The van der Waals surface area contributed by atoms with Crippen LogP contribution in [0.25, 0.3) is 0 Å². The third-order valence-corrected chi connectivity index (χ3v) is 2.88. The SMILES string of the molecule is CNC(Cc1ccc(/C(C)=N/OC)cc1)C(C)=O. The van der Waals surface area contributed by atoms with Gasteiger partial charge in [-0.25, -0.2) is 0 Å². The van der Waals surface area contributed by atoms with Crippen LogP contribution in [0.4, 0.5) is 0 Å². The first kappa shape index (κ1) is 14.4. The Kier molecular flexibility index (Phi) is 5.52. The summed E-state index contributed by atoms with van der Waals surface area (Å²) in [6, 6.07) is 7.87. The lowest BCUT2D eigenvalue weighted by Gasteiger charge is -2.12. The Bertz CT molecular complexity index is 424. The first-order chi connectivity index (χ1) is 8.58. The van der Waals surface area contributed by atoms with Gasteiger partial charge in [-0.2, -0.15) is 0 Å². The van der Waals surface area contributed by atoms with E-state index in [4.69, 9.17) is 4.84 Å². The van der Waals surface area contributed by atoms with E-state index in [1.165, 1.54) is 7.11 Å². The Morgan fingerprint density at radius 1 is 1.33 bits per heavy atom. The molecule has 0 heterocycles. The first-order valence-electron chi connectivity index (χ1n) is 5.93. The molecule has 0 fully saturated rings. The normalized spacial score (nSPS) is 13.2. The van der Waals surface area contributed by atoms with Crippen molar-refractivity contribution < 1.29 is 9.63 Å². The molecule has 1 atom stereocenters. The summed E-state index contributed by atoms with van der Waals surface area (Å²) in [5, 5.41) is 6.89. The van der Waals surface area contributed by atoms with Crippen molar-refractivity contribution in [3.8, 4) is 0 Å². The van der Waals surface area contributed by atoms with Crippen molar-refractivity contribution in [2.45, 2.75) is 26.3 Å². The molecule has 4 nitrogen and oxygen atoms in total. The van der Waals surface area contributed by atoms with Crippen molar-refractivity contribution in [2.75, 3.05) is 14.2 Å². The zero-order valence-corrected chi connectivity index (χ0v) is 11.4. The summed E-state index contributed by atoms with van der Waals surface area (Å²) in [5.41, 5.74) is 2.98. The van der Waals surface area contributed by atoms with Gasteiger partial charge in [0.25, 0.3) is 0 Å². The quantitative estimate of drug-likeness (QED) is 0.616. The Morgan fingerprint density at radius 3 is 2.39 bits per heavy atom. The molecule has 4 heteroatoms. The van der Waals surface area contributed by atoms with Crippen molar-refractivity contribution in [3.63, 3.8) is 0 Å². The summed E-state index contributed by atoms with van der Waals surface area (Å²) in [6.45, 7) is 3.50. The van der Waals surface area contributed by atoms with Crippen LogP contribution in [0.15, 0.2) is 29.4 Å². The van der Waals surface area contributed by atoms with Gasteiger partial charge in [-0.05, 0) is 38.4 Å². The van der Waals surface area contributed by atoms with Gasteiger partial charge in [0.1, 0.15) is 12.9 Å². The smallest absolute Gasteiger partial charge is 0.147 e. The number of hydrogen-bond acceptors (Lipinski definition) is 4. The molecule has 98 valence electrons. The maximum atomic E-state index is 11.3. The monoisotopic (exact) mass is 248 g/mol. The third kappa shape index (κ3) is 3.96. The highest BCUT2D eigenvalue weighted by Crippen LogP contribution is 2.08. The highest BCUT2D eigenvalue weighted by atomic mass is 16.6. The summed E-state index contributed by atoms with van der Waals surface area (Å²) in [5.74, 6) is 0.152. The molecule has 1 N–H and O–H groups in total. The molecule has 0 radical (unpaired) electrons. The van der Waals surface area contributed by atoms with Gasteiger partial charge in [0.2, 0.25) is 0 Å². The molecule has 0 amide bonds. The van der Waals surface area contributed by atoms with E-state index in [0.717, 1.165) is 16.8 Å². The highest BCUT2D eigenvalue weighted by molar-refractivity contribution is 5.98. The van der Waals surface area contributed by atoms with E-state index in [1.807, 2.05) is 31.2 Å². The number of nitrogens with zero attached hydrogens (tertiary/aromatic N) is 1. The van der Waals surface area contributed by atoms with E-state index in [1.54, 1.807) is 14.0 Å². The number of likely N-dealkylation sites (N-methyl/N-ethyl adjacent to an activating group) is 1. The number of nitrogens with one attached hydrogen (secondary N) is 1. The minimum absolute atomic E-state index is 0.121. The molecule has 0 saturated heterocycles. The van der Waals surface area contributed by atoms with Gasteiger partial charge in [0.15, 0.2) is 0 Å². The first-order valence-corrected chi connectivity index (χ1v) is 5.93. The van der Waals surface area contributed by atoms with Crippen LogP contribution in [-0.2, 0) is 16.1 Å². The molecule has 0 aliphatic rings.